The molecule has 0 aliphatic heterocycles. The lowest BCUT2D eigenvalue weighted by Gasteiger charge is -2.24. The summed E-state index contributed by atoms with van der Waals surface area (Å²) in [6.45, 7) is 2.14. The largest absolute Gasteiger partial charge is 0.443 e. The van der Waals surface area contributed by atoms with Gasteiger partial charge in [0.1, 0.15) is 23.0 Å². The molecular weight excluding hydrogens is 348 g/mol. The Hall–Kier alpha value is -2.82. The van der Waals surface area contributed by atoms with Crippen LogP contribution in [0.25, 0.3) is 5.88 Å². The Morgan fingerprint density at radius 2 is 2.15 bits per heavy atom. The van der Waals surface area contributed by atoms with E-state index in [1.807, 2.05) is 31.6 Å². The topological polar surface area (TPSA) is 74.2 Å². The second-order valence-corrected chi connectivity index (χ2v) is 6.94. The van der Waals surface area contributed by atoms with Gasteiger partial charge < -0.3 is 14.6 Å². The van der Waals surface area contributed by atoms with Gasteiger partial charge in [-0.3, -0.25) is 9.36 Å². The first-order valence-electron chi connectivity index (χ1n) is 8.16. The summed E-state index contributed by atoms with van der Waals surface area (Å²) in [4.78, 5) is 14.8. The maximum absolute atomic E-state index is 12.8. The molecule has 0 radical (unpaired) electrons. The summed E-state index contributed by atoms with van der Waals surface area (Å²) in [5.74, 6) is 0.491. The van der Waals surface area contributed by atoms with Crippen molar-refractivity contribution >= 4 is 17.2 Å². The molecule has 1 N–H and O–H groups in total. The molecule has 0 saturated carbocycles. The van der Waals surface area contributed by atoms with Crippen LogP contribution in [-0.4, -0.2) is 36.0 Å². The van der Waals surface area contributed by atoms with Crippen molar-refractivity contribution in [1.29, 1.82) is 5.26 Å². The highest BCUT2D eigenvalue weighted by molar-refractivity contribution is 7.07. The van der Waals surface area contributed by atoms with Gasteiger partial charge in [0, 0.05) is 18.9 Å². The van der Waals surface area contributed by atoms with Crippen molar-refractivity contribution in [2.45, 2.75) is 13.0 Å². The second kappa shape index (κ2) is 7.60. The summed E-state index contributed by atoms with van der Waals surface area (Å²) in [5, 5.41) is 16.6. The van der Waals surface area contributed by atoms with Crippen molar-refractivity contribution in [3.8, 4) is 12.0 Å². The summed E-state index contributed by atoms with van der Waals surface area (Å²) in [5.41, 5.74) is 1.69. The number of furan rings is 1. The first-order chi connectivity index (χ1) is 12.5. The van der Waals surface area contributed by atoms with E-state index in [4.69, 9.17) is 4.42 Å². The van der Waals surface area contributed by atoms with Crippen molar-refractivity contribution < 1.29 is 9.21 Å². The summed E-state index contributed by atoms with van der Waals surface area (Å²) in [7, 11) is 3.95. The van der Waals surface area contributed by atoms with Crippen LogP contribution in [0.4, 0.5) is 0 Å². The molecule has 0 saturated heterocycles. The number of carbonyl (C=O) groups excluding carboxylic acids is 1. The van der Waals surface area contributed by atoms with Crippen molar-refractivity contribution in [3.63, 3.8) is 0 Å². The summed E-state index contributed by atoms with van der Waals surface area (Å²) in [6.07, 6.45) is 3.55. The van der Waals surface area contributed by atoms with Crippen LogP contribution in [0.15, 0.2) is 45.8 Å². The Bertz CT molecular complexity index is 918. The SMILES string of the molecule is Cc1oc(-n2cccc2)c(C#N)c1C(=O)NC[C@H](c1ccsc1)N(C)C. The lowest BCUT2D eigenvalue weighted by Crippen LogP contribution is -2.34. The normalized spacial score (nSPS) is 12.1. The number of nitrogens with zero attached hydrogens (tertiary/aromatic N) is 3. The number of amides is 1. The molecular formula is C19H20N4O2S. The molecule has 0 unspecified atom stereocenters. The van der Waals surface area contributed by atoms with E-state index in [9.17, 15) is 10.1 Å². The van der Waals surface area contributed by atoms with Gasteiger partial charge in [-0.15, -0.1) is 0 Å². The molecule has 1 amide bonds. The summed E-state index contributed by atoms with van der Waals surface area (Å²) in [6, 6.07) is 7.89. The van der Waals surface area contributed by atoms with Crippen molar-refractivity contribution in [2.75, 3.05) is 20.6 Å². The van der Waals surface area contributed by atoms with Gasteiger partial charge in [-0.1, -0.05) is 0 Å². The molecule has 3 aromatic rings. The fourth-order valence-electron chi connectivity index (χ4n) is 2.90. The zero-order chi connectivity index (χ0) is 18.7. The molecule has 3 aromatic heterocycles. The molecule has 0 aromatic carbocycles. The van der Waals surface area contributed by atoms with E-state index in [0.29, 0.717) is 23.8 Å². The maximum Gasteiger partial charge on any atom is 0.256 e. The Morgan fingerprint density at radius 3 is 2.73 bits per heavy atom. The van der Waals surface area contributed by atoms with E-state index < -0.39 is 0 Å². The Morgan fingerprint density at radius 1 is 1.42 bits per heavy atom. The molecule has 0 spiro atoms. The average molecular weight is 368 g/mol. The highest BCUT2D eigenvalue weighted by atomic mass is 32.1. The van der Waals surface area contributed by atoms with Crippen LogP contribution in [0, 0.1) is 18.3 Å². The van der Waals surface area contributed by atoms with E-state index in [0.717, 1.165) is 5.56 Å². The first-order valence-corrected chi connectivity index (χ1v) is 9.10. The fourth-order valence-corrected chi connectivity index (χ4v) is 3.61. The standard InChI is InChI=1S/C19H20N4O2S/c1-13-17(15(10-20)19(25-13)23-7-4-5-8-23)18(24)21-11-16(22(2)3)14-6-9-26-12-14/h4-9,12,16H,11H2,1-3H3,(H,21,24)/t16-/m1/s1. The molecule has 0 aliphatic rings. The third-order valence-electron chi connectivity index (χ3n) is 4.25. The minimum atomic E-state index is -0.303. The maximum atomic E-state index is 12.8. The number of rotatable bonds is 6. The summed E-state index contributed by atoms with van der Waals surface area (Å²) >= 11 is 1.63. The molecule has 3 heterocycles. The van der Waals surface area contributed by atoms with Gasteiger partial charge in [-0.05, 0) is 55.5 Å². The molecule has 0 aliphatic carbocycles. The first kappa shape index (κ1) is 18.0. The predicted molar refractivity (Wildman–Crippen MR) is 101 cm³/mol. The number of carbonyl (C=O) groups is 1. The summed E-state index contributed by atoms with van der Waals surface area (Å²) < 4.78 is 7.39. The number of hydrogen-bond donors (Lipinski definition) is 1. The van der Waals surface area contributed by atoms with Crippen LogP contribution in [0.1, 0.15) is 33.3 Å². The monoisotopic (exact) mass is 368 g/mol. The quantitative estimate of drug-likeness (QED) is 0.724. The molecule has 134 valence electrons. The fraction of sp³-hybridized carbons (Fsp3) is 0.263. The molecule has 1 atom stereocenters. The molecule has 7 heteroatoms. The van der Waals surface area contributed by atoms with E-state index in [1.165, 1.54) is 0 Å². The lowest BCUT2D eigenvalue weighted by molar-refractivity contribution is 0.0940. The minimum Gasteiger partial charge on any atom is -0.443 e. The van der Waals surface area contributed by atoms with Crippen molar-refractivity contribution in [3.05, 3.63) is 63.8 Å². The lowest BCUT2D eigenvalue weighted by atomic mass is 10.1. The van der Waals surface area contributed by atoms with E-state index in [2.05, 4.69) is 27.7 Å². The second-order valence-electron chi connectivity index (χ2n) is 6.16. The van der Waals surface area contributed by atoms with Gasteiger partial charge in [-0.2, -0.15) is 16.6 Å². The van der Waals surface area contributed by atoms with Crippen LogP contribution >= 0.6 is 11.3 Å². The van der Waals surface area contributed by atoms with Gasteiger partial charge in [0.05, 0.1) is 6.04 Å². The van der Waals surface area contributed by atoms with Crippen LogP contribution in [-0.2, 0) is 0 Å². The van der Waals surface area contributed by atoms with E-state index >= 15 is 0 Å². The van der Waals surface area contributed by atoms with Crippen molar-refractivity contribution in [1.82, 2.24) is 14.8 Å². The molecule has 3 rings (SSSR count). The van der Waals surface area contributed by atoms with Crippen LogP contribution in [0.3, 0.4) is 0 Å². The Balaban J connectivity index is 1.83. The van der Waals surface area contributed by atoms with E-state index in [1.54, 1.807) is 35.2 Å². The number of aromatic nitrogens is 1. The predicted octanol–water partition coefficient (Wildman–Crippen LogP) is 3.34. The zero-order valence-corrected chi connectivity index (χ0v) is 15.7. The number of thiophene rings is 1. The Kier molecular flexibility index (Phi) is 5.26. The highest BCUT2D eigenvalue weighted by Crippen LogP contribution is 2.26. The number of aryl methyl sites for hydroxylation is 1. The number of likely N-dealkylation sites (N-methyl/N-ethyl adjacent to an activating group) is 1. The number of nitrogens with one attached hydrogen (secondary N) is 1. The smallest absolute Gasteiger partial charge is 0.256 e. The highest BCUT2D eigenvalue weighted by Gasteiger charge is 2.25. The third-order valence-corrected chi connectivity index (χ3v) is 4.95. The van der Waals surface area contributed by atoms with Crippen LogP contribution in [0.2, 0.25) is 0 Å². The van der Waals surface area contributed by atoms with Crippen LogP contribution < -0.4 is 5.32 Å². The van der Waals surface area contributed by atoms with Gasteiger partial charge in [0.15, 0.2) is 0 Å². The molecule has 26 heavy (non-hydrogen) atoms. The van der Waals surface area contributed by atoms with Crippen LogP contribution in [0.5, 0.6) is 0 Å². The third kappa shape index (κ3) is 3.43. The van der Waals surface area contributed by atoms with Crippen molar-refractivity contribution in [2.24, 2.45) is 0 Å². The van der Waals surface area contributed by atoms with Gasteiger partial charge in [-0.25, -0.2) is 0 Å². The van der Waals surface area contributed by atoms with Gasteiger partial charge in [0.25, 0.3) is 5.91 Å². The zero-order valence-electron chi connectivity index (χ0n) is 14.9. The minimum absolute atomic E-state index is 0.0619. The Labute approximate surface area is 156 Å². The number of hydrogen-bond acceptors (Lipinski definition) is 5. The van der Waals surface area contributed by atoms with E-state index in [-0.39, 0.29) is 17.5 Å². The molecule has 0 fully saturated rings. The average Bonchev–Trinajstić information content (AvgIpc) is 3.35. The molecule has 0 bridgehead atoms. The molecule has 6 nitrogen and oxygen atoms in total. The van der Waals surface area contributed by atoms with Gasteiger partial charge in [0.2, 0.25) is 5.88 Å². The van der Waals surface area contributed by atoms with Gasteiger partial charge >= 0.3 is 0 Å². The number of nitriles is 1.